The summed E-state index contributed by atoms with van der Waals surface area (Å²) in [5, 5.41) is 0. The van der Waals surface area contributed by atoms with E-state index in [0.717, 1.165) is 141 Å². The van der Waals surface area contributed by atoms with E-state index >= 15 is 0 Å². The minimum atomic E-state index is -0.816. The first-order valence-electron chi connectivity index (χ1n) is 29.3. The number of allylic oxidation sites excluding steroid dienone is 24. The second-order valence-electron chi connectivity index (χ2n) is 18.8. The van der Waals surface area contributed by atoms with Crippen molar-refractivity contribution in [2.75, 3.05) is 13.2 Å². The first-order chi connectivity index (χ1) is 36.0. The van der Waals surface area contributed by atoms with E-state index in [4.69, 9.17) is 14.2 Å². The van der Waals surface area contributed by atoms with Gasteiger partial charge in [0.1, 0.15) is 13.2 Å². The van der Waals surface area contributed by atoms with E-state index in [-0.39, 0.29) is 37.5 Å². The molecule has 6 nitrogen and oxygen atoms in total. The molecule has 73 heavy (non-hydrogen) atoms. The third-order valence-electron chi connectivity index (χ3n) is 11.8. The highest BCUT2D eigenvalue weighted by Gasteiger charge is 2.19. The number of carbonyl (C=O) groups excluding carboxylic acids is 3. The van der Waals surface area contributed by atoms with Crippen LogP contribution in [-0.2, 0) is 28.6 Å². The molecule has 0 aromatic carbocycles. The van der Waals surface area contributed by atoms with Crippen LogP contribution in [0.1, 0.15) is 239 Å². The van der Waals surface area contributed by atoms with Gasteiger partial charge in [-0.05, 0) is 135 Å². The summed E-state index contributed by atoms with van der Waals surface area (Å²) in [7, 11) is 0. The summed E-state index contributed by atoms with van der Waals surface area (Å²) in [6.07, 6.45) is 85.5. The fourth-order valence-electron chi connectivity index (χ4n) is 7.45. The van der Waals surface area contributed by atoms with Gasteiger partial charge >= 0.3 is 17.9 Å². The summed E-state index contributed by atoms with van der Waals surface area (Å²) in [5.41, 5.74) is 0. The van der Waals surface area contributed by atoms with Gasteiger partial charge in [-0.25, -0.2) is 0 Å². The van der Waals surface area contributed by atoms with Crippen LogP contribution in [0, 0.1) is 0 Å². The Labute approximate surface area is 448 Å². The Balaban J connectivity index is 4.46. The predicted molar refractivity (Wildman–Crippen MR) is 315 cm³/mol. The molecule has 0 heterocycles. The molecule has 0 N–H and O–H groups in total. The molecule has 0 saturated carbocycles. The topological polar surface area (TPSA) is 78.9 Å². The Bertz CT molecular complexity index is 1630. The number of rotatable bonds is 51. The minimum Gasteiger partial charge on any atom is -0.462 e. The van der Waals surface area contributed by atoms with Crippen molar-refractivity contribution in [2.24, 2.45) is 0 Å². The SMILES string of the molecule is CC/C=C\C/C=C\C/C=C\C/C=C\C/C=C\C/C=C\CCCCC(=O)OC(COC(=O)CCCCCCC/C=C\CCCC)COC(=O)CCCCCCCCC/C=C\C/C=C\C/C=C\C/C=C\C/C=C\CC. The Morgan fingerprint density at radius 3 is 0.877 bits per heavy atom. The van der Waals surface area contributed by atoms with Crippen molar-refractivity contribution < 1.29 is 28.6 Å². The molecule has 0 radical (unpaired) electrons. The molecule has 0 amide bonds. The first kappa shape index (κ1) is 68.3. The maximum Gasteiger partial charge on any atom is 0.306 e. The highest BCUT2D eigenvalue weighted by atomic mass is 16.6. The number of unbranched alkanes of at least 4 members (excludes halogenated alkanes) is 16. The number of esters is 3. The van der Waals surface area contributed by atoms with Gasteiger partial charge in [0.05, 0.1) is 0 Å². The second kappa shape index (κ2) is 59.8. The molecular weight excluding hydrogens is 901 g/mol. The third-order valence-corrected chi connectivity index (χ3v) is 11.8. The number of carbonyl (C=O) groups is 3. The van der Waals surface area contributed by atoms with Crippen molar-refractivity contribution >= 4 is 17.9 Å². The second-order valence-corrected chi connectivity index (χ2v) is 18.8. The Hall–Kier alpha value is -4.71. The lowest BCUT2D eigenvalue weighted by Crippen LogP contribution is -2.30. The van der Waals surface area contributed by atoms with E-state index in [2.05, 4.69) is 167 Å². The molecule has 1 unspecified atom stereocenters. The van der Waals surface area contributed by atoms with E-state index in [9.17, 15) is 14.4 Å². The highest BCUT2D eigenvalue weighted by Crippen LogP contribution is 2.13. The molecule has 0 saturated heterocycles. The van der Waals surface area contributed by atoms with Gasteiger partial charge < -0.3 is 14.2 Å². The lowest BCUT2D eigenvalue weighted by atomic mass is 10.1. The van der Waals surface area contributed by atoms with Crippen LogP contribution in [0.15, 0.2) is 146 Å². The molecule has 1 atom stereocenters. The van der Waals surface area contributed by atoms with E-state index < -0.39 is 6.10 Å². The van der Waals surface area contributed by atoms with Gasteiger partial charge in [0.15, 0.2) is 6.10 Å². The highest BCUT2D eigenvalue weighted by molar-refractivity contribution is 5.71. The van der Waals surface area contributed by atoms with E-state index in [1.54, 1.807) is 0 Å². The molecule has 0 rings (SSSR count). The summed E-state index contributed by atoms with van der Waals surface area (Å²) in [6, 6.07) is 0. The van der Waals surface area contributed by atoms with Gasteiger partial charge in [-0.2, -0.15) is 0 Å². The Morgan fingerprint density at radius 2 is 0.534 bits per heavy atom. The van der Waals surface area contributed by atoms with Crippen LogP contribution >= 0.6 is 0 Å². The fourth-order valence-corrected chi connectivity index (χ4v) is 7.45. The molecular formula is C67H106O6. The molecule has 0 aliphatic rings. The maximum absolute atomic E-state index is 12.9. The Kier molecular flexibility index (Phi) is 56.0. The molecule has 0 aromatic heterocycles. The normalized spacial score (nSPS) is 13.2. The van der Waals surface area contributed by atoms with Crippen LogP contribution < -0.4 is 0 Å². The van der Waals surface area contributed by atoms with Crippen LogP contribution in [0.4, 0.5) is 0 Å². The third kappa shape index (κ3) is 58.1. The quantitative estimate of drug-likeness (QED) is 0.0261. The van der Waals surface area contributed by atoms with Crippen LogP contribution in [0.5, 0.6) is 0 Å². The van der Waals surface area contributed by atoms with Gasteiger partial charge in [0, 0.05) is 19.3 Å². The predicted octanol–water partition coefficient (Wildman–Crippen LogP) is 20.0. The van der Waals surface area contributed by atoms with Crippen LogP contribution in [0.25, 0.3) is 0 Å². The summed E-state index contributed by atoms with van der Waals surface area (Å²) < 4.78 is 16.8. The lowest BCUT2D eigenvalue weighted by molar-refractivity contribution is -0.167. The molecule has 0 aliphatic heterocycles. The molecule has 0 spiro atoms. The average molecular weight is 1010 g/mol. The zero-order valence-electron chi connectivity index (χ0n) is 46.8. The molecule has 0 aliphatic carbocycles. The summed E-state index contributed by atoms with van der Waals surface area (Å²) in [4.78, 5) is 38.2. The van der Waals surface area contributed by atoms with Crippen molar-refractivity contribution in [1.29, 1.82) is 0 Å². The molecule has 0 bridgehead atoms. The van der Waals surface area contributed by atoms with Crippen LogP contribution in [-0.4, -0.2) is 37.2 Å². The monoisotopic (exact) mass is 1010 g/mol. The van der Waals surface area contributed by atoms with Crippen molar-refractivity contribution in [2.45, 2.75) is 245 Å². The smallest absolute Gasteiger partial charge is 0.306 e. The zero-order valence-corrected chi connectivity index (χ0v) is 46.8. The first-order valence-corrected chi connectivity index (χ1v) is 29.3. The number of ether oxygens (including phenoxy) is 3. The van der Waals surface area contributed by atoms with Crippen molar-refractivity contribution in [3.05, 3.63) is 146 Å². The minimum absolute atomic E-state index is 0.109. The molecule has 6 heteroatoms. The largest absolute Gasteiger partial charge is 0.462 e. The van der Waals surface area contributed by atoms with Gasteiger partial charge in [-0.1, -0.05) is 231 Å². The van der Waals surface area contributed by atoms with Crippen molar-refractivity contribution in [3.8, 4) is 0 Å². The molecule has 410 valence electrons. The van der Waals surface area contributed by atoms with Gasteiger partial charge in [-0.15, -0.1) is 0 Å². The van der Waals surface area contributed by atoms with Crippen LogP contribution in [0.3, 0.4) is 0 Å². The summed E-state index contributed by atoms with van der Waals surface area (Å²) in [5.74, 6) is -0.980. The Morgan fingerprint density at radius 1 is 0.288 bits per heavy atom. The fraction of sp³-hybridized carbons (Fsp3) is 0.597. The maximum atomic E-state index is 12.9. The van der Waals surface area contributed by atoms with Gasteiger partial charge in [0.25, 0.3) is 0 Å². The number of hydrogen-bond donors (Lipinski definition) is 0. The standard InChI is InChI=1S/C67H106O6/c1-4-7-10-13-16-19-22-24-26-28-30-32-33-35-36-38-40-42-45-48-51-54-57-60-66(69)72-63-64(62-71-65(68)59-56-53-50-47-44-21-18-15-12-9-6-3)73-67(70)61-58-55-52-49-46-43-41-39-37-34-31-29-27-25-23-20-17-14-11-8-5-2/h7-8,10-11,15-20,24-27,30-32,34-36,39,41,46,49,64H,4-6,9,12-14,21-23,28-29,33,37-38,40,42-45,47-48,50-63H2,1-3H3/b10-7-,11-8-,18-15-,19-16-,20-17-,26-24-,27-25-,32-30-,34-31-,36-35-,41-39-,49-46-. The van der Waals surface area contributed by atoms with Crippen molar-refractivity contribution in [1.82, 2.24) is 0 Å². The van der Waals surface area contributed by atoms with Crippen molar-refractivity contribution in [3.63, 3.8) is 0 Å². The van der Waals surface area contributed by atoms with E-state index in [1.165, 1.54) is 51.4 Å². The summed E-state index contributed by atoms with van der Waals surface area (Å²) in [6.45, 7) is 6.31. The van der Waals surface area contributed by atoms with E-state index in [0.29, 0.717) is 19.3 Å². The van der Waals surface area contributed by atoms with E-state index in [1.807, 2.05) is 0 Å². The number of hydrogen-bond acceptors (Lipinski definition) is 6. The zero-order chi connectivity index (χ0) is 52.9. The molecule has 0 fully saturated rings. The van der Waals surface area contributed by atoms with Gasteiger partial charge in [0.2, 0.25) is 0 Å². The van der Waals surface area contributed by atoms with Crippen LogP contribution in [0.2, 0.25) is 0 Å². The van der Waals surface area contributed by atoms with Gasteiger partial charge in [-0.3, -0.25) is 14.4 Å². The summed E-state index contributed by atoms with van der Waals surface area (Å²) >= 11 is 0. The average Bonchev–Trinajstić information content (AvgIpc) is 3.39. The molecule has 0 aromatic rings. The lowest BCUT2D eigenvalue weighted by Gasteiger charge is -2.18.